The maximum Gasteiger partial charge on any atom is 0.178 e. The first kappa shape index (κ1) is 11.4. The van der Waals surface area contributed by atoms with Gasteiger partial charge in [-0.05, 0) is 48.2 Å². The molecule has 0 aromatic carbocycles. The van der Waals surface area contributed by atoms with Crippen molar-refractivity contribution < 1.29 is 14.6 Å². The molecule has 1 saturated carbocycles. The van der Waals surface area contributed by atoms with Crippen LogP contribution in [-0.4, -0.2) is 29.7 Å². The summed E-state index contributed by atoms with van der Waals surface area (Å²) in [5, 5.41) is 9.93. The Morgan fingerprint density at radius 1 is 1.17 bits per heavy atom. The molecule has 3 heteroatoms. The van der Waals surface area contributed by atoms with Crippen LogP contribution in [0.2, 0.25) is 0 Å². The minimum atomic E-state index is -0.669. The quantitative estimate of drug-likeness (QED) is 0.670. The molecule has 5 atom stereocenters. The van der Waals surface area contributed by atoms with Crippen molar-refractivity contribution in [3.8, 4) is 0 Å². The van der Waals surface area contributed by atoms with E-state index in [-0.39, 0.29) is 11.7 Å². The Hall–Kier alpha value is -0.380. The second kappa shape index (κ2) is 3.20. The van der Waals surface area contributed by atoms with Crippen LogP contribution in [0.5, 0.6) is 0 Å². The fraction of sp³-hybridized carbons (Fsp3) is 0.867. The summed E-state index contributed by atoms with van der Waals surface area (Å²) in [6.45, 7) is 7.56. The van der Waals surface area contributed by atoms with Gasteiger partial charge >= 0.3 is 0 Å². The van der Waals surface area contributed by atoms with Gasteiger partial charge in [0.25, 0.3) is 0 Å². The van der Waals surface area contributed by atoms with Gasteiger partial charge in [0.1, 0.15) is 0 Å². The van der Waals surface area contributed by atoms with Crippen LogP contribution in [-0.2, 0) is 9.47 Å². The van der Waals surface area contributed by atoms with Gasteiger partial charge in [0.05, 0.1) is 18.3 Å². The van der Waals surface area contributed by atoms with E-state index in [0.29, 0.717) is 23.9 Å². The number of fused-ring (bicyclic) bond motifs is 6. The number of aliphatic hydroxyl groups excluding tert-OH is 1. The fourth-order valence-corrected chi connectivity index (χ4v) is 4.93. The topological polar surface area (TPSA) is 38.7 Å². The highest BCUT2D eigenvalue weighted by Crippen LogP contribution is 2.62. The van der Waals surface area contributed by atoms with Crippen LogP contribution in [0, 0.1) is 17.3 Å². The van der Waals surface area contributed by atoms with Crippen LogP contribution in [0.3, 0.4) is 0 Å². The molecule has 4 aliphatic rings. The summed E-state index contributed by atoms with van der Waals surface area (Å²) >= 11 is 0. The van der Waals surface area contributed by atoms with E-state index < -0.39 is 6.29 Å². The van der Waals surface area contributed by atoms with Crippen molar-refractivity contribution in [3.05, 3.63) is 11.1 Å². The molecule has 0 aromatic rings. The average molecular weight is 250 g/mol. The standard InChI is InChI=1S/C15H22O3/c1-14(2)4-9-11(6-14)15(3)5-8-10(12(9)18-15)7-17-13(8)16/h9,11-13,16H,4-7H2,1-3H3/t9-,11+,12-,13?,15-/m1/s1. The Labute approximate surface area is 108 Å². The van der Waals surface area contributed by atoms with Crippen molar-refractivity contribution in [1.82, 2.24) is 0 Å². The van der Waals surface area contributed by atoms with Crippen LogP contribution in [0.4, 0.5) is 0 Å². The van der Waals surface area contributed by atoms with Gasteiger partial charge < -0.3 is 14.6 Å². The van der Waals surface area contributed by atoms with E-state index in [2.05, 4.69) is 20.8 Å². The number of hydrogen-bond acceptors (Lipinski definition) is 3. The Bertz CT molecular complexity index is 439. The van der Waals surface area contributed by atoms with E-state index >= 15 is 0 Å². The molecule has 3 nitrogen and oxygen atoms in total. The average Bonchev–Trinajstić information content (AvgIpc) is 2.84. The predicted molar refractivity (Wildman–Crippen MR) is 66.9 cm³/mol. The molecule has 4 rings (SSSR count). The molecule has 1 N–H and O–H groups in total. The van der Waals surface area contributed by atoms with Gasteiger partial charge in [-0.1, -0.05) is 13.8 Å². The van der Waals surface area contributed by atoms with Gasteiger partial charge in [-0.3, -0.25) is 0 Å². The summed E-state index contributed by atoms with van der Waals surface area (Å²) in [5.74, 6) is 1.28. The van der Waals surface area contributed by atoms with Gasteiger partial charge in [-0.25, -0.2) is 0 Å². The second-order valence-corrected chi connectivity index (χ2v) is 7.58. The van der Waals surface area contributed by atoms with E-state index in [0.717, 1.165) is 12.0 Å². The van der Waals surface area contributed by atoms with Crippen molar-refractivity contribution in [2.75, 3.05) is 6.61 Å². The fourth-order valence-electron chi connectivity index (χ4n) is 4.93. The lowest BCUT2D eigenvalue weighted by Gasteiger charge is -2.36. The van der Waals surface area contributed by atoms with Crippen molar-refractivity contribution >= 4 is 0 Å². The Balaban J connectivity index is 1.76. The summed E-state index contributed by atoms with van der Waals surface area (Å²) in [4.78, 5) is 0. The zero-order valence-corrected chi connectivity index (χ0v) is 11.4. The monoisotopic (exact) mass is 250 g/mol. The molecule has 1 unspecified atom stereocenters. The molecule has 0 radical (unpaired) electrons. The summed E-state index contributed by atoms with van der Waals surface area (Å²) in [5.41, 5.74) is 2.75. The van der Waals surface area contributed by atoms with Gasteiger partial charge in [0.2, 0.25) is 0 Å². The summed E-state index contributed by atoms with van der Waals surface area (Å²) < 4.78 is 11.8. The number of ether oxygens (including phenoxy) is 2. The molecule has 1 saturated heterocycles. The van der Waals surface area contributed by atoms with Crippen LogP contribution in [0.1, 0.15) is 40.0 Å². The van der Waals surface area contributed by atoms with Crippen molar-refractivity contribution in [2.45, 2.75) is 58.0 Å². The maximum absolute atomic E-state index is 9.93. The number of rotatable bonds is 0. The van der Waals surface area contributed by atoms with E-state index in [1.165, 1.54) is 18.4 Å². The first-order chi connectivity index (χ1) is 8.40. The lowest BCUT2D eigenvalue weighted by atomic mass is 9.80. The third kappa shape index (κ3) is 1.30. The van der Waals surface area contributed by atoms with Gasteiger partial charge in [0, 0.05) is 6.42 Å². The Kier molecular flexibility index (Phi) is 2.03. The van der Waals surface area contributed by atoms with Crippen LogP contribution in [0.15, 0.2) is 11.1 Å². The van der Waals surface area contributed by atoms with E-state index in [1.54, 1.807) is 0 Å². The zero-order chi connectivity index (χ0) is 12.7. The van der Waals surface area contributed by atoms with Crippen LogP contribution < -0.4 is 0 Å². The predicted octanol–water partition coefficient (Wildman–Crippen LogP) is 2.25. The molecule has 0 amide bonds. The highest BCUT2D eigenvalue weighted by atomic mass is 16.6. The number of hydrogen-bond donors (Lipinski definition) is 1. The Morgan fingerprint density at radius 2 is 1.94 bits per heavy atom. The van der Waals surface area contributed by atoms with Gasteiger partial charge in [0.15, 0.2) is 6.29 Å². The third-order valence-corrected chi connectivity index (χ3v) is 5.64. The molecule has 2 fully saturated rings. The first-order valence-electron chi connectivity index (χ1n) is 7.09. The summed E-state index contributed by atoms with van der Waals surface area (Å²) in [6, 6.07) is 0. The lowest BCUT2D eigenvalue weighted by Crippen LogP contribution is -2.37. The minimum absolute atomic E-state index is 0.0728. The maximum atomic E-state index is 9.93. The molecule has 2 bridgehead atoms. The number of aliphatic hydroxyl groups is 1. The third-order valence-electron chi connectivity index (χ3n) is 5.64. The molecule has 18 heavy (non-hydrogen) atoms. The van der Waals surface area contributed by atoms with Crippen LogP contribution in [0.25, 0.3) is 0 Å². The second-order valence-electron chi connectivity index (χ2n) is 7.58. The molecule has 3 heterocycles. The largest absolute Gasteiger partial charge is 0.367 e. The molecule has 3 aliphatic heterocycles. The van der Waals surface area contributed by atoms with Gasteiger partial charge in [-0.15, -0.1) is 0 Å². The molecule has 0 spiro atoms. The van der Waals surface area contributed by atoms with Crippen molar-refractivity contribution in [3.63, 3.8) is 0 Å². The summed E-state index contributed by atoms with van der Waals surface area (Å²) in [6.07, 6.45) is 2.89. The minimum Gasteiger partial charge on any atom is -0.367 e. The van der Waals surface area contributed by atoms with E-state index in [9.17, 15) is 5.11 Å². The molecular weight excluding hydrogens is 228 g/mol. The molecular formula is C15H22O3. The van der Waals surface area contributed by atoms with Crippen LogP contribution >= 0.6 is 0 Å². The van der Waals surface area contributed by atoms with E-state index in [4.69, 9.17) is 9.47 Å². The molecule has 100 valence electrons. The SMILES string of the molecule is CC1(C)C[C@H]2[C@H]3O[C@](C)(CC4=C3COC4O)[C@H]2C1. The highest BCUT2D eigenvalue weighted by Gasteiger charge is 2.62. The lowest BCUT2D eigenvalue weighted by molar-refractivity contribution is -0.0644. The smallest absolute Gasteiger partial charge is 0.178 e. The summed E-state index contributed by atoms with van der Waals surface area (Å²) in [7, 11) is 0. The molecule has 1 aliphatic carbocycles. The first-order valence-corrected chi connectivity index (χ1v) is 7.09. The highest BCUT2D eigenvalue weighted by molar-refractivity contribution is 5.34. The normalized spacial score (nSPS) is 52.7. The van der Waals surface area contributed by atoms with Crippen molar-refractivity contribution in [2.24, 2.45) is 17.3 Å². The van der Waals surface area contributed by atoms with E-state index in [1.807, 2.05) is 0 Å². The molecule has 0 aromatic heterocycles. The van der Waals surface area contributed by atoms with Crippen molar-refractivity contribution in [1.29, 1.82) is 0 Å². The zero-order valence-electron chi connectivity index (χ0n) is 11.4. The Morgan fingerprint density at radius 3 is 2.72 bits per heavy atom. The van der Waals surface area contributed by atoms with Gasteiger partial charge in [-0.2, -0.15) is 0 Å².